The number of imidazole rings is 1. The van der Waals surface area contributed by atoms with Gasteiger partial charge in [-0.15, -0.1) is 11.6 Å². The molecule has 0 spiro atoms. The summed E-state index contributed by atoms with van der Waals surface area (Å²) in [6.45, 7) is 4.22. The van der Waals surface area contributed by atoms with Crippen LogP contribution in [0.2, 0.25) is 0 Å². The lowest BCUT2D eigenvalue weighted by Crippen LogP contribution is -2.06. The second kappa shape index (κ2) is 4.77. The number of hydrogen-bond acceptors (Lipinski definition) is 2. The smallest absolute Gasteiger partial charge is 0.111 e. The van der Waals surface area contributed by atoms with E-state index in [9.17, 15) is 0 Å². The van der Waals surface area contributed by atoms with Crippen LogP contribution in [0, 0.1) is 11.3 Å². The summed E-state index contributed by atoms with van der Waals surface area (Å²) < 4.78 is 2.15. The Morgan fingerprint density at radius 3 is 2.82 bits per heavy atom. The Kier molecular flexibility index (Phi) is 3.35. The first-order valence-corrected chi connectivity index (χ1v) is 6.17. The van der Waals surface area contributed by atoms with Crippen molar-refractivity contribution in [3.8, 4) is 6.07 Å². The van der Waals surface area contributed by atoms with Crippen molar-refractivity contribution in [1.82, 2.24) is 9.55 Å². The zero-order valence-electron chi connectivity index (χ0n) is 9.94. The van der Waals surface area contributed by atoms with E-state index in [-0.39, 0.29) is 0 Å². The first-order chi connectivity index (χ1) is 8.17. The minimum atomic E-state index is 0.312. The zero-order chi connectivity index (χ0) is 12.4. The summed E-state index contributed by atoms with van der Waals surface area (Å²) in [6.07, 6.45) is 0.746. The van der Waals surface area contributed by atoms with Crippen LogP contribution in [-0.4, -0.2) is 15.4 Å². The quantitative estimate of drug-likeness (QED) is 0.781. The summed E-state index contributed by atoms with van der Waals surface area (Å²) in [5, 5.41) is 8.94. The van der Waals surface area contributed by atoms with Gasteiger partial charge in [-0.1, -0.05) is 0 Å². The van der Waals surface area contributed by atoms with Gasteiger partial charge >= 0.3 is 0 Å². The molecule has 0 amide bonds. The lowest BCUT2D eigenvalue weighted by atomic mass is 10.2. The molecule has 0 saturated heterocycles. The summed E-state index contributed by atoms with van der Waals surface area (Å²) >= 11 is 5.79. The highest BCUT2D eigenvalue weighted by Gasteiger charge is 2.13. The van der Waals surface area contributed by atoms with Crippen molar-refractivity contribution < 1.29 is 0 Å². The van der Waals surface area contributed by atoms with Gasteiger partial charge in [-0.25, -0.2) is 4.98 Å². The number of aryl methyl sites for hydroxylation is 1. The molecule has 0 aliphatic heterocycles. The fraction of sp³-hybridized carbons (Fsp3) is 0.385. The molecule has 0 N–H and O–H groups in total. The third-order valence-electron chi connectivity index (χ3n) is 2.73. The summed E-state index contributed by atoms with van der Waals surface area (Å²) in [5.41, 5.74) is 2.61. The SMILES string of the molecule is CC(C)n1c(CCCl)nc2ccc(C#N)cc21. The van der Waals surface area contributed by atoms with Gasteiger partial charge in [0, 0.05) is 18.3 Å². The van der Waals surface area contributed by atoms with Crippen molar-refractivity contribution in [3.05, 3.63) is 29.6 Å². The van der Waals surface area contributed by atoms with E-state index < -0.39 is 0 Å². The van der Waals surface area contributed by atoms with Crippen LogP contribution in [0.4, 0.5) is 0 Å². The average molecular weight is 248 g/mol. The monoisotopic (exact) mass is 247 g/mol. The molecule has 0 fully saturated rings. The Hall–Kier alpha value is -1.53. The maximum absolute atomic E-state index is 8.94. The second-order valence-corrected chi connectivity index (χ2v) is 4.62. The molecule has 88 valence electrons. The van der Waals surface area contributed by atoms with Gasteiger partial charge in [0.25, 0.3) is 0 Å². The highest BCUT2D eigenvalue weighted by molar-refractivity contribution is 6.17. The zero-order valence-corrected chi connectivity index (χ0v) is 10.7. The highest BCUT2D eigenvalue weighted by Crippen LogP contribution is 2.22. The van der Waals surface area contributed by atoms with E-state index in [0.29, 0.717) is 17.5 Å². The Morgan fingerprint density at radius 2 is 2.24 bits per heavy atom. The number of nitrogens with zero attached hydrogens (tertiary/aromatic N) is 3. The summed E-state index contributed by atoms with van der Waals surface area (Å²) in [5.74, 6) is 1.54. The molecule has 17 heavy (non-hydrogen) atoms. The maximum atomic E-state index is 8.94. The number of nitriles is 1. The molecule has 0 aliphatic rings. The van der Waals surface area contributed by atoms with Gasteiger partial charge in [0.1, 0.15) is 5.82 Å². The number of hydrogen-bond donors (Lipinski definition) is 0. The van der Waals surface area contributed by atoms with E-state index in [1.54, 1.807) is 6.07 Å². The number of alkyl halides is 1. The van der Waals surface area contributed by atoms with E-state index in [1.165, 1.54) is 0 Å². The fourth-order valence-electron chi connectivity index (χ4n) is 2.05. The predicted octanol–water partition coefficient (Wildman–Crippen LogP) is 3.27. The molecule has 0 atom stereocenters. The van der Waals surface area contributed by atoms with Gasteiger partial charge in [-0.2, -0.15) is 5.26 Å². The Balaban J connectivity index is 2.69. The molecule has 0 bridgehead atoms. The van der Waals surface area contributed by atoms with Crippen LogP contribution in [0.3, 0.4) is 0 Å². The van der Waals surface area contributed by atoms with Crippen LogP contribution in [-0.2, 0) is 6.42 Å². The predicted molar refractivity (Wildman–Crippen MR) is 69.3 cm³/mol. The number of fused-ring (bicyclic) bond motifs is 1. The minimum absolute atomic E-state index is 0.312. The number of rotatable bonds is 3. The Labute approximate surface area is 106 Å². The van der Waals surface area contributed by atoms with Gasteiger partial charge in [0.15, 0.2) is 0 Å². The van der Waals surface area contributed by atoms with Crippen LogP contribution >= 0.6 is 11.6 Å². The van der Waals surface area contributed by atoms with Gasteiger partial charge in [-0.05, 0) is 32.0 Å². The number of benzene rings is 1. The lowest BCUT2D eigenvalue weighted by molar-refractivity contribution is 0.588. The van der Waals surface area contributed by atoms with E-state index in [2.05, 4.69) is 29.5 Å². The normalized spacial score (nSPS) is 11.0. The molecular formula is C13H14ClN3. The van der Waals surface area contributed by atoms with Crippen molar-refractivity contribution in [1.29, 1.82) is 5.26 Å². The molecule has 0 unspecified atom stereocenters. The standard InChI is InChI=1S/C13H14ClN3/c1-9(2)17-12-7-10(8-15)3-4-11(12)16-13(17)5-6-14/h3-4,7,9H,5-6H2,1-2H3. The third-order valence-corrected chi connectivity index (χ3v) is 2.92. The van der Waals surface area contributed by atoms with E-state index >= 15 is 0 Å². The Morgan fingerprint density at radius 1 is 1.47 bits per heavy atom. The number of halogens is 1. The second-order valence-electron chi connectivity index (χ2n) is 4.25. The molecule has 4 heteroatoms. The summed E-state index contributed by atoms with van der Waals surface area (Å²) in [6, 6.07) is 8.05. The summed E-state index contributed by atoms with van der Waals surface area (Å²) in [7, 11) is 0. The molecule has 0 saturated carbocycles. The first kappa shape index (κ1) is 11.9. The van der Waals surface area contributed by atoms with Crippen LogP contribution in [0.15, 0.2) is 18.2 Å². The van der Waals surface area contributed by atoms with E-state index in [0.717, 1.165) is 23.3 Å². The molecule has 0 aliphatic carbocycles. The van der Waals surface area contributed by atoms with Gasteiger partial charge in [0.2, 0.25) is 0 Å². The Bertz CT molecular complexity index is 578. The van der Waals surface area contributed by atoms with Crippen molar-refractivity contribution >= 4 is 22.6 Å². The molecule has 2 rings (SSSR count). The van der Waals surface area contributed by atoms with Crippen molar-refractivity contribution in [2.75, 3.05) is 5.88 Å². The molecular weight excluding hydrogens is 234 g/mol. The topological polar surface area (TPSA) is 41.6 Å². The minimum Gasteiger partial charge on any atom is -0.325 e. The third kappa shape index (κ3) is 2.13. The molecule has 2 aromatic rings. The average Bonchev–Trinajstić information content (AvgIpc) is 2.66. The molecule has 1 heterocycles. The largest absolute Gasteiger partial charge is 0.325 e. The molecule has 1 aromatic heterocycles. The van der Waals surface area contributed by atoms with Crippen LogP contribution in [0.5, 0.6) is 0 Å². The first-order valence-electron chi connectivity index (χ1n) is 5.64. The van der Waals surface area contributed by atoms with Crippen molar-refractivity contribution in [3.63, 3.8) is 0 Å². The van der Waals surface area contributed by atoms with Crippen LogP contribution in [0.1, 0.15) is 31.3 Å². The van der Waals surface area contributed by atoms with Crippen molar-refractivity contribution in [2.45, 2.75) is 26.3 Å². The maximum Gasteiger partial charge on any atom is 0.111 e. The fourth-order valence-corrected chi connectivity index (χ4v) is 2.22. The van der Waals surface area contributed by atoms with Gasteiger partial charge < -0.3 is 4.57 Å². The molecule has 0 radical (unpaired) electrons. The molecule has 3 nitrogen and oxygen atoms in total. The van der Waals surface area contributed by atoms with Gasteiger partial charge in [0.05, 0.1) is 22.7 Å². The highest BCUT2D eigenvalue weighted by atomic mass is 35.5. The molecule has 1 aromatic carbocycles. The van der Waals surface area contributed by atoms with E-state index in [4.69, 9.17) is 16.9 Å². The lowest BCUT2D eigenvalue weighted by Gasteiger charge is -2.12. The van der Waals surface area contributed by atoms with Crippen molar-refractivity contribution in [2.24, 2.45) is 0 Å². The van der Waals surface area contributed by atoms with Gasteiger partial charge in [-0.3, -0.25) is 0 Å². The summed E-state index contributed by atoms with van der Waals surface area (Å²) in [4.78, 5) is 4.57. The van der Waals surface area contributed by atoms with Crippen LogP contribution < -0.4 is 0 Å². The van der Waals surface area contributed by atoms with Crippen LogP contribution in [0.25, 0.3) is 11.0 Å². The van der Waals surface area contributed by atoms with E-state index in [1.807, 2.05) is 12.1 Å². The number of aromatic nitrogens is 2.